The van der Waals surface area contributed by atoms with Crippen LogP contribution in [0.3, 0.4) is 0 Å². The first-order valence-corrected chi connectivity index (χ1v) is 5.35. The van der Waals surface area contributed by atoms with Gasteiger partial charge in [-0.1, -0.05) is 6.58 Å². The van der Waals surface area contributed by atoms with Crippen LogP contribution >= 0.6 is 0 Å². The van der Waals surface area contributed by atoms with E-state index in [2.05, 4.69) is 16.6 Å². The number of esters is 2. The van der Waals surface area contributed by atoms with Gasteiger partial charge in [-0.3, -0.25) is 4.79 Å². The van der Waals surface area contributed by atoms with Gasteiger partial charge in [0.1, 0.15) is 12.6 Å². The van der Waals surface area contributed by atoms with Gasteiger partial charge in [0.25, 0.3) is 0 Å². The van der Waals surface area contributed by atoms with Gasteiger partial charge < -0.3 is 14.8 Å². The Balaban J connectivity index is 2.30. The smallest absolute Gasteiger partial charge is 0.336 e. The molecule has 1 aliphatic heterocycles. The third-order valence-corrected chi connectivity index (χ3v) is 2.23. The van der Waals surface area contributed by atoms with E-state index in [0.717, 1.165) is 0 Å². The summed E-state index contributed by atoms with van der Waals surface area (Å²) in [4.78, 5) is 33.5. The number of carbonyl (C=O) groups excluding carboxylic acids is 3. The lowest BCUT2D eigenvalue weighted by Gasteiger charge is -2.10. The largest absolute Gasteiger partial charge is 0.463 e. The molecule has 0 aliphatic carbocycles. The van der Waals surface area contributed by atoms with Crippen LogP contribution in [-0.2, 0) is 23.9 Å². The number of carbonyl (C=O) groups is 3. The maximum atomic E-state index is 11.4. The molecular formula is C11H15NO5. The van der Waals surface area contributed by atoms with Crippen molar-refractivity contribution in [2.24, 2.45) is 0 Å². The van der Waals surface area contributed by atoms with Gasteiger partial charge in [0.2, 0.25) is 5.91 Å². The number of hydrogen-bond donors (Lipinski definition) is 1. The fourth-order valence-electron chi connectivity index (χ4n) is 1.34. The molecule has 1 saturated heterocycles. The SMILES string of the molecule is C=C(COC(=O)C1CCC(=O)N1)C(=O)OCC. The van der Waals surface area contributed by atoms with Crippen molar-refractivity contribution >= 4 is 17.8 Å². The van der Waals surface area contributed by atoms with Gasteiger partial charge in [0.15, 0.2) is 0 Å². The van der Waals surface area contributed by atoms with Crippen LogP contribution < -0.4 is 5.32 Å². The monoisotopic (exact) mass is 241 g/mol. The summed E-state index contributed by atoms with van der Waals surface area (Å²) in [5.74, 6) is -1.31. The molecule has 0 bridgehead atoms. The molecule has 0 aromatic heterocycles. The number of ether oxygens (including phenoxy) is 2. The fraction of sp³-hybridized carbons (Fsp3) is 0.545. The summed E-state index contributed by atoms with van der Waals surface area (Å²) in [7, 11) is 0. The molecule has 6 nitrogen and oxygen atoms in total. The molecule has 1 atom stereocenters. The summed E-state index contributed by atoms with van der Waals surface area (Å²) in [6.07, 6.45) is 0.738. The Labute approximate surface area is 99.0 Å². The van der Waals surface area contributed by atoms with E-state index in [0.29, 0.717) is 12.8 Å². The summed E-state index contributed by atoms with van der Waals surface area (Å²) in [5.41, 5.74) is 0.0736. The Morgan fingerprint density at radius 2 is 2.18 bits per heavy atom. The molecule has 0 aromatic carbocycles. The number of rotatable bonds is 5. The minimum absolute atomic E-state index is 0.0736. The highest BCUT2D eigenvalue weighted by molar-refractivity contribution is 5.90. The quantitative estimate of drug-likeness (QED) is 0.538. The Morgan fingerprint density at radius 3 is 2.71 bits per heavy atom. The Bertz CT molecular complexity index is 350. The Hall–Kier alpha value is -1.85. The molecule has 0 aromatic rings. The zero-order valence-corrected chi connectivity index (χ0v) is 9.65. The van der Waals surface area contributed by atoms with Crippen molar-refractivity contribution in [3.8, 4) is 0 Å². The van der Waals surface area contributed by atoms with Gasteiger partial charge in [-0.2, -0.15) is 0 Å². The molecule has 0 radical (unpaired) electrons. The fourth-order valence-corrected chi connectivity index (χ4v) is 1.34. The van der Waals surface area contributed by atoms with Gasteiger partial charge in [0.05, 0.1) is 12.2 Å². The predicted molar refractivity (Wildman–Crippen MR) is 57.9 cm³/mol. The van der Waals surface area contributed by atoms with Crippen molar-refractivity contribution in [3.63, 3.8) is 0 Å². The van der Waals surface area contributed by atoms with E-state index in [9.17, 15) is 14.4 Å². The molecule has 1 rings (SSSR count). The van der Waals surface area contributed by atoms with Crippen molar-refractivity contribution in [1.29, 1.82) is 0 Å². The molecule has 1 fully saturated rings. The van der Waals surface area contributed by atoms with Crippen LogP contribution in [0.1, 0.15) is 19.8 Å². The first-order chi connectivity index (χ1) is 8.04. The first kappa shape index (κ1) is 13.2. The second-order valence-corrected chi connectivity index (χ2v) is 3.59. The lowest BCUT2D eigenvalue weighted by Crippen LogP contribution is -2.35. The second-order valence-electron chi connectivity index (χ2n) is 3.59. The van der Waals surface area contributed by atoms with Crippen molar-refractivity contribution in [2.75, 3.05) is 13.2 Å². The highest BCUT2D eigenvalue weighted by Crippen LogP contribution is 2.08. The maximum absolute atomic E-state index is 11.4. The number of nitrogens with one attached hydrogen (secondary N) is 1. The lowest BCUT2D eigenvalue weighted by atomic mass is 10.2. The van der Waals surface area contributed by atoms with Crippen LogP contribution in [0.25, 0.3) is 0 Å². The molecule has 1 heterocycles. The molecule has 1 aliphatic rings. The highest BCUT2D eigenvalue weighted by Gasteiger charge is 2.28. The standard InChI is InChI=1S/C11H15NO5/c1-3-16-10(14)7(2)6-17-11(15)8-4-5-9(13)12-8/h8H,2-6H2,1H3,(H,12,13). The predicted octanol–water partition coefficient (Wildman–Crippen LogP) is -0.0725. The molecule has 0 spiro atoms. The zero-order valence-electron chi connectivity index (χ0n) is 9.65. The molecule has 94 valence electrons. The topological polar surface area (TPSA) is 81.7 Å². The molecule has 17 heavy (non-hydrogen) atoms. The normalized spacial score (nSPS) is 18.4. The lowest BCUT2D eigenvalue weighted by molar-refractivity contribution is -0.147. The second kappa shape index (κ2) is 6.03. The molecule has 1 N–H and O–H groups in total. The molecule has 6 heteroatoms. The summed E-state index contributed by atoms with van der Waals surface area (Å²) in [5, 5.41) is 2.47. The minimum atomic E-state index is -0.613. The molecular weight excluding hydrogens is 226 g/mol. The zero-order chi connectivity index (χ0) is 12.8. The molecule has 0 saturated carbocycles. The number of hydrogen-bond acceptors (Lipinski definition) is 5. The van der Waals surface area contributed by atoms with Crippen molar-refractivity contribution in [2.45, 2.75) is 25.8 Å². The van der Waals surface area contributed by atoms with Crippen molar-refractivity contribution < 1.29 is 23.9 Å². The first-order valence-electron chi connectivity index (χ1n) is 5.35. The Morgan fingerprint density at radius 1 is 1.47 bits per heavy atom. The van der Waals surface area contributed by atoms with Crippen LogP contribution in [0, 0.1) is 0 Å². The summed E-state index contributed by atoms with van der Waals surface area (Å²) in [6.45, 7) is 5.14. The average Bonchev–Trinajstić information content (AvgIpc) is 2.72. The van der Waals surface area contributed by atoms with Crippen molar-refractivity contribution in [1.82, 2.24) is 5.32 Å². The summed E-state index contributed by atoms with van der Waals surface area (Å²) >= 11 is 0. The third-order valence-electron chi connectivity index (χ3n) is 2.23. The summed E-state index contributed by atoms with van der Waals surface area (Å²) in [6, 6.07) is -0.613. The van der Waals surface area contributed by atoms with Crippen LogP contribution in [0.2, 0.25) is 0 Å². The van der Waals surface area contributed by atoms with Gasteiger partial charge >= 0.3 is 11.9 Å². The molecule has 1 unspecified atom stereocenters. The number of amides is 1. The van der Waals surface area contributed by atoms with Gasteiger partial charge in [-0.05, 0) is 13.3 Å². The van der Waals surface area contributed by atoms with Crippen LogP contribution in [0.4, 0.5) is 0 Å². The van der Waals surface area contributed by atoms with E-state index in [1.165, 1.54) is 0 Å². The van der Waals surface area contributed by atoms with E-state index in [-0.39, 0.29) is 24.7 Å². The summed E-state index contributed by atoms with van der Waals surface area (Å²) < 4.78 is 9.53. The minimum Gasteiger partial charge on any atom is -0.463 e. The van der Waals surface area contributed by atoms with E-state index < -0.39 is 18.0 Å². The van der Waals surface area contributed by atoms with E-state index in [1.807, 2.05) is 0 Å². The van der Waals surface area contributed by atoms with Crippen LogP contribution in [-0.4, -0.2) is 37.1 Å². The third kappa shape index (κ3) is 3.90. The Kier molecular flexibility index (Phi) is 4.68. The van der Waals surface area contributed by atoms with Crippen LogP contribution in [0.5, 0.6) is 0 Å². The van der Waals surface area contributed by atoms with E-state index in [4.69, 9.17) is 4.74 Å². The average molecular weight is 241 g/mol. The van der Waals surface area contributed by atoms with Crippen molar-refractivity contribution in [3.05, 3.63) is 12.2 Å². The van der Waals surface area contributed by atoms with E-state index >= 15 is 0 Å². The van der Waals surface area contributed by atoms with Crippen LogP contribution in [0.15, 0.2) is 12.2 Å². The van der Waals surface area contributed by atoms with E-state index in [1.54, 1.807) is 6.92 Å². The van der Waals surface area contributed by atoms with Gasteiger partial charge in [-0.25, -0.2) is 9.59 Å². The highest BCUT2D eigenvalue weighted by atomic mass is 16.5. The van der Waals surface area contributed by atoms with Gasteiger partial charge in [-0.15, -0.1) is 0 Å². The van der Waals surface area contributed by atoms with Gasteiger partial charge in [0, 0.05) is 6.42 Å². The maximum Gasteiger partial charge on any atom is 0.336 e. The molecule has 1 amide bonds.